The van der Waals surface area contributed by atoms with Crippen molar-refractivity contribution in [3.8, 4) is 0 Å². The number of carbonyl (C=O) groups excluding carboxylic acids is 2. The molecule has 32 heavy (non-hydrogen) atoms. The molecule has 7 nitrogen and oxygen atoms in total. The molecular formula is C24H27NO6S. The van der Waals surface area contributed by atoms with Crippen LogP contribution in [0.25, 0.3) is 0 Å². The zero-order valence-corrected chi connectivity index (χ0v) is 18.9. The number of carbonyl (C=O) groups is 2. The minimum absolute atomic E-state index is 0.0118. The van der Waals surface area contributed by atoms with E-state index in [1.165, 1.54) is 13.8 Å². The summed E-state index contributed by atoms with van der Waals surface area (Å²) < 4.78 is 30.4. The Kier molecular flexibility index (Phi) is 5.85. The van der Waals surface area contributed by atoms with Crippen molar-refractivity contribution in [2.75, 3.05) is 0 Å². The van der Waals surface area contributed by atoms with E-state index >= 15 is 0 Å². The maximum Gasteiger partial charge on any atom is 0.330 e. The molecule has 4 atom stereocenters. The lowest BCUT2D eigenvalue weighted by Crippen LogP contribution is -2.66. The fourth-order valence-electron chi connectivity index (χ4n) is 4.63. The Labute approximate surface area is 187 Å². The average Bonchev–Trinajstić information content (AvgIpc) is 2.92. The van der Waals surface area contributed by atoms with Gasteiger partial charge in [-0.2, -0.15) is 0 Å². The topological polar surface area (TPSA) is 101 Å². The molecular weight excluding hydrogens is 430 g/mol. The van der Waals surface area contributed by atoms with Crippen molar-refractivity contribution in [1.29, 1.82) is 0 Å². The van der Waals surface area contributed by atoms with Crippen LogP contribution in [0.4, 0.5) is 0 Å². The number of amides is 1. The van der Waals surface area contributed by atoms with Crippen molar-refractivity contribution in [3.63, 3.8) is 0 Å². The second-order valence-corrected chi connectivity index (χ2v) is 11.5. The molecule has 0 unspecified atom stereocenters. The average molecular weight is 458 g/mol. The van der Waals surface area contributed by atoms with Crippen molar-refractivity contribution >= 4 is 21.7 Å². The summed E-state index contributed by atoms with van der Waals surface area (Å²) in [4.78, 5) is 27.0. The number of aliphatic hydroxyl groups is 1. The molecule has 0 spiro atoms. The van der Waals surface area contributed by atoms with Crippen LogP contribution in [0.15, 0.2) is 60.7 Å². The number of aryl methyl sites for hydroxylation is 1. The molecule has 1 amide bonds. The van der Waals surface area contributed by atoms with E-state index in [-0.39, 0.29) is 13.0 Å². The number of β-lactam (4-membered cyclic amide) rings is 1. The van der Waals surface area contributed by atoms with Gasteiger partial charge in [0.25, 0.3) is 0 Å². The van der Waals surface area contributed by atoms with Gasteiger partial charge in [-0.25, -0.2) is 13.2 Å². The number of rotatable bonds is 7. The number of hydrogen-bond donors (Lipinski definition) is 1. The fourth-order valence-corrected chi connectivity index (χ4v) is 6.98. The van der Waals surface area contributed by atoms with Gasteiger partial charge in [-0.1, -0.05) is 60.7 Å². The first-order chi connectivity index (χ1) is 15.2. The molecule has 2 aromatic carbocycles. The number of hydrogen-bond acceptors (Lipinski definition) is 6. The summed E-state index contributed by atoms with van der Waals surface area (Å²) in [5.41, 5.74) is 1.76. The standard InChI is InChI=1S/C24H27NO6S/c1-24(2)20(23(28)31-15-17-11-7-4-8-12-17)25-21(27)19(22(25)32(24,29)30)18(26)14-13-16-9-5-3-6-10-16/h3-12,18-20,22,26H,13-15H2,1-2H3/t18-,19-,20+,22-/m1/s1. The van der Waals surface area contributed by atoms with Crippen LogP contribution in [0.2, 0.25) is 0 Å². The highest BCUT2D eigenvalue weighted by atomic mass is 32.2. The maximum atomic E-state index is 13.3. The minimum Gasteiger partial charge on any atom is -0.459 e. The van der Waals surface area contributed by atoms with Gasteiger partial charge in [-0.15, -0.1) is 0 Å². The molecule has 2 fully saturated rings. The second kappa shape index (κ2) is 8.33. The summed E-state index contributed by atoms with van der Waals surface area (Å²) in [6.07, 6.45) is -0.345. The Balaban J connectivity index is 1.50. The van der Waals surface area contributed by atoms with Gasteiger partial charge >= 0.3 is 5.97 Å². The number of fused-ring (bicyclic) bond motifs is 1. The summed E-state index contributed by atoms with van der Waals surface area (Å²) in [6.45, 7) is 2.87. The summed E-state index contributed by atoms with van der Waals surface area (Å²) >= 11 is 0. The quantitative estimate of drug-likeness (QED) is 0.505. The summed E-state index contributed by atoms with van der Waals surface area (Å²) in [5, 5.41) is 9.48. The van der Waals surface area contributed by atoms with Gasteiger partial charge in [0.2, 0.25) is 5.91 Å². The van der Waals surface area contributed by atoms with Crippen LogP contribution >= 0.6 is 0 Å². The summed E-state index contributed by atoms with van der Waals surface area (Å²) in [7, 11) is -3.91. The lowest BCUT2D eigenvalue weighted by atomic mass is 9.85. The van der Waals surface area contributed by atoms with Crippen molar-refractivity contribution in [2.24, 2.45) is 5.92 Å². The van der Waals surface area contributed by atoms with Crippen LogP contribution in [-0.4, -0.2) is 52.6 Å². The highest BCUT2D eigenvalue weighted by Gasteiger charge is 2.73. The number of esters is 1. The Morgan fingerprint density at radius 1 is 1.06 bits per heavy atom. The van der Waals surface area contributed by atoms with Crippen molar-refractivity contribution in [2.45, 2.75) is 55.6 Å². The molecule has 2 aliphatic rings. The Bertz CT molecular complexity index is 1100. The first-order valence-corrected chi connectivity index (χ1v) is 12.2. The maximum absolute atomic E-state index is 13.3. The van der Waals surface area contributed by atoms with Crippen LogP contribution in [0.5, 0.6) is 0 Å². The molecule has 0 radical (unpaired) electrons. The van der Waals surface area contributed by atoms with E-state index in [0.717, 1.165) is 16.0 Å². The molecule has 2 saturated heterocycles. The fraction of sp³-hybridized carbons (Fsp3) is 0.417. The number of sulfone groups is 1. The third-order valence-corrected chi connectivity index (χ3v) is 9.39. The first kappa shape index (κ1) is 22.5. The van der Waals surface area contributed by atoms with Crippen LogP contribution in [0.3, 0.4) is 0 Å². The molecule has 4 rings (SSSR count). The van der Waals surface area contributed by atoms with Crippen LogP contribution < -0.4 is 0 Å². The highest BCUT2D eigenvalue weighted by Crippen LogP contribution is 2.50. The zero-order chi connectivity index (χ0) is 23.1. The Hall–Kier alpha value is -2.71. The van der Waals surface area contributed by atoms with E-state index in [2.05, 4.69) is 0 Å². The molecule has 0 aliphatic carbocycles. The molecule has 8 heteroatoms. The Morgan fingerprint density at radius 2 is 1.62 bits per heavy atom. The summed E-state index contributed by atoms with van der Waals surface area (Å²) in [5.74, 6) is -2.35. The second-order valence-electron chi connectivity index (χ2n) is 8.90. The SMILES string of the molecule is CC1(C)[C@H](C(=O)OCc2ccccc2)N2C(=O)[C@@H]([C@H](O)CCc3ccccc3)[C@H]2S1(=O)=O. The van der Waals surface area contributed by atoms with Gasteiger partial charge in [0.05, 0.1) is 16.8 Å². The van der Waals surface area contributed by atoms with Gasteiger partial charge < -0.3 is 14.7 Å². The van der Waals surface area contributed by atoms with Gasteiger partial charge in [0, 0.05) is 0 Å². The van der Waals surface area contributed by atoms with Gasteiger partial charge in [-0.05, 0) is 37.8 Å². The molecule has 0 bridgehead atoms. The molecule has 0 saturated carbocycles. The smallest absolute Gasteiger partial charge is 0.330 e. The van der Waals surface area contributed by atoms with Gasteiger partial charge in [0.15, 0.2) is 9.84 Å². The molecule has 2 aliphatic heterocycles. The molecule has 2 aromatic rings. The molecule has 0 aromatic heterocycles. The van der Waals surface area contributed by atoms with Gasteiger partial charge in [-0.3, -0.25) is 4.79 Å². The lowest BCUT2D eigenvalue weighted by Gasteiger charge is -2.45. The zero-order valence-electron chi connectivity index (χ0n) is 18.0. The summed E-state index contributed by atoms with van der Waals surface area (Å²) in [6, 6.07) is 17.3. The van der Waals surface area contributed by atoms with Crippen molar-refractivity contribution < 1.29 is 27.9 Å². The van der Waals surface area contributed by atoms with E-state index in [1.807, 2.05) is 48.5 Å². The monoisotopic (exact) mass is 457 g/mol. The van der Waals surface area contributed by atoms with Crippen molar-refractivity contribution in [3.05, 3.63) is 71.8 Å². The van der Waals surface area contributed by atoms with E-state index in [9.17, 15) is 23.1 Å². The van der Waals surface area contributed by atoms with Gasteiger partial charge in [0.1, 0.15) is 18.0 Å². The number of nitrogens with zero attached hydrogens (tertiary/aromatic N) is 1. The normalized spacial score (nSPS) is 26.2. The lowest BCUT2D eigenvalue weighted by molar-refractivity contribution is -0.172. The highest BCUT2D eigenvalue weighted by molar-refractivity contribution is 7.93. The molecule has 2 heterocycles. The Morgan fingerprint density at radius 3 is 2.22 bits per heavy atom. The minimum atomic E-state index is -3.91. The number of benzene rings is 2. The van der Waals surface area contributed by atoms with E-state index < -0.39 is 49.9 Å². The van der Waals surface area contributed by atoms with Crippen LogP contribution in [-0.2, 0) is 37.2 Å². The molecule has 170 valence electrons. The number of ether oxygens (including phenoxy) is 1. The predicted octanol–water partition coefficient (Wildman–Crippen LogP) is 2.08. The van der Waals surface area contributed by atoms with E-state index in [1.54, 1.807) is 12.1 Å². The first-order valence-electron chi connectivity index (χ1n) is 10.6. The number of aliphatic hydroxyl groups excluding tert-OH is 1. The largest absolute Gasteiger partial charge is 0.459 e. The van der Waals surface area contributed by atoms with E-state index in [4.69, 9.17) is 4.74 Å². The van der Waals surface area contributed by atoms with Crippen LogP contribution in [0.1, 0.15) is 31.4 Å². The van der Waals surface area contributed by atoms with Crippen LogP contribution in [0, 0.1) is 5.92 Å². The predicted molar refractivity (Wildman–Crippen MR) is 118 cm³/mol. The van der Waals surface area contributed by atoms with E-state index in [0.29, 0.717) is 6.42 Å². The van der Waals surface area contributed by atoms with Crippen molar-refractivity contribution in [1.82, 2.24) is 4.90 Å². The third-order valence-electron chi connectivity index (χ3n) is 6.54. The molecule has 1 N–H and O–H groups in total. The third kappa shape index (κ3) is 3.61.